The summed E-state index contributed by atoms with van der Waals surface area (Å²) < 4.78 is 9.96. The van der Waals surface area contributed by atoms with Crippen LogP contribution in [0.1, 0.15) is 15.9 Å². The van der Waals surface area contributed by atoms with Crippen molar-refractivity contribution >= 4 is 11.9 Å². The fraction of sp³-hybridized carbons (Fsp3) is 0.222. The number of hydrogen-bond donors (Lipinski definition) is 1. The van der Waals surface area contributed by atoms with Gasteiger partial charge in [0, 0.05) is 12.0 Å². The standard InChI is InChI=1S/C18H19NO4/c1-22-15-10-6-7-13(11-15)12-16(18(21)23-2)19-17(20)14-8-4-3-5-9-14/h3-11,16H,12H2,1-2H3,(H,19,20)/t16-/m0/s1. The molecule has 2 aromatic carbocycles. The van der Waals surface area contributed by atoms with Crippen LogP contribution in [0, 0.1) is 0 Å². The number of nitrogens with one attached hydrogen (secondary N) is 1. The summed E-state index contributed by atoms with van der Waals surface area (Å²) in [4.78, 5) is 24.2. The Morgan fingerprint density at radius 2 is 1.78 bits per heavy atom. The van der Waals surface area contributed by atoms with Crippen molar-refractivity contribution in [2.45, 2.75) is 12.5 Å². The Balaban J connectivity index is 2.14. The number of rotatable bonds is 6. The third-order valence-electron chi connectivity index (χ3n) is 3.40. The molecule has 0 aromatic heterocycles. The predicted octanol–water partition coefficient (Wildman–Crippen LogP) is 2.21. The molecular formula is C18H19NO4. The van der Waals surface area contributed by atoms with E-state index in [0.717, 1.165) is 5.56 Å². The van der Waals surface area contributed by atoms with Crippen molar-refractivity contribution in [2.75, 3.05) is 14.2 Å². The van der Waals surface area contributed by atoms with E-state index in [1.54, 1.807) is 31.4 Å². The lowest BCUT2D eigenvalue weighted by atomic mass is 10.0. The zero-order chi connectivity index (χ0) is 16.7. The highest BCUT2D eigenvalue weighted by atomic mass is 16.5. The van der Waals surface area contributed by atoms with Gasteiger partial charge in [0.05, 0.1) is 14.2 Å². The maximum atomic E-state index is 12.2. The number of hydrogen-bond acceptors (Lipinski definition) is 4. The van der Waals surface area contributed by atoms with Gasteiger partial charge in [-0.1, -0.05) is 30.3 Å². The number of amides is 1. The average molecular weight is 313 g/mol. The summed E-state index contributed by atoms with van der Waals surface area (Å²) in [5.74, 6) is -0.110. The highest BCUT2D eigenvalue weighted by Crippen LogP contribution is 2.14. The summed E-state index contributed by atoms with van der Waals surface area (Å²) in [7, 11) is 2.88. The predicted molar refractivity (Wildman–Crippen MR) is 86.4 cm³/mol. The molecule has 0 bridgehead atoms. The molecule has 0 saturated heterocycles. The van der Waals surface area contributed by atoms with Crippen molar-refractivity contribution in [2.24, 2.45) is 0 Å². The first-order valence-electron chi connectivity index (χ1n) is 7.20. The van der Waals surface area contributed by atoms with Gasteiger partial charge in [0.25, 0.3) is 5.91 Å². The second-order valence-electron chi connectivity index (χ2n) is 4.97. The number of esters is 1. The van der Waals surface area contributed by atoms with Crippen LogP contribution < -0.4 is 10.1 Å². The zero-order valence-electron chi connectivity index (χ0n) is 13.1. The summed E-state index contributed by atoms with van der Waals surface area (Å²) in [6.07, 6.45) is 0.322. The van der Waals surface area contributed by atoms with Crippen LogP contribution in [0.15, 0.2) is 54.6 Å². The molecule has 0 aliphatic carbocycles. The van der Waals surface area contributed by atoms with E-state index in [0.29, 0.717) is 17.7 Å². The second kappa shape index (κ2) is 7.98. The molecule has 0 saturated carbocycles. The number of carbonyl (C=O) groups is 2. The van der Waals surface area contributed by atoms with Crippen molar-refractivity contribution in [1.29, 1.82) is 0 Å². The van der Waals surface area contributed by atoms with E-state index in [4.69, 9.17) is 9.47 Å². The third-order valence-corrected chi connectivity index (χ3v) is 3.40. The average Bonchev–Trinajstić information content (AvgIpc) is 2.61. The minimum Gasteiger partial charge on any atom is -0.497 e. The second-order valence-corrected chi connectivity index (χ2v) is 4.97. The molecule has 2 rings (SSSR count). The molecule has 0 aliphatic heterocycles. The monoisotopic (exact) mass is 313 g/mol. The highest BCUT2D eigenvalue weighted by molar-refractivity contribution is 5.96. The SMILES string of the molecule is COC(=O)[C@H](Cc1cccc(OC)c1)NC(=O)c1ccccc1. The van der Waals surface area contributed by atoms with E-state index < -0.39 is 12.0 Å². The Kier molecular flexibility index (Phi) is 5.74. The van der Waals surface area contributed by atoms with Gasteiger partial charge in [-0.25, -0.2) is 4.79 Å². The molecule has 0 heterocycles. The largest absolute Gasteiger partial charge is 0.497 e. The maximum Gasteiger partial charge on any atom is 0.328 e. The van der Waals surface area contributed by atoms with Crippen LogP contribution >= 0.6 is 0 Å². The molecule has 1 amide bonds. The molecule has 1 atom stereocenters. The lowest BCUT2D eigenvalue weighted by molar-refractivity contribution is -0.142. The molecule has 0 fully saturated rings. The van der Waals surface area contributed by atoms with Crippen molar-refractivity contribution in [3.63, 3.8) is 0 Å². The first-order chi connectivity index (χ1) is 11.1. The Morgan fingerprint density at radius 3 is 2.43 bits per heavy atom. The number of benzene rings is 2. The summed E-state index contributed by atoms with van der Waals surface area (Å²) in [6.45, 7) is 0. The van der Waals surface area contributed by atoms with Crippen LogP contribution in [0.3, 0.4) is 0 Å². The fourth-order valence-electron chi connectivity index (χ4n) is 2.20. The van der Waals surface area contributed by atoms with Crippen molar-refractivity contribution in [3.05, 3.63) is 65.7 Å². The number of carbonyl (C=O) groups excluding carboxylic acids is 2. The first kappa shape index (κ1) is 16.5. The van der Waals surface area contributed by atoms with Gasteiger partial charge in [0.15, 0.2) is 0 Å². The smallest absolute Gasteiger partial charge is 0.328 e. The van der Waals surface area contributed by atoms with Gasteiger partial charge in [-0.3, -0.25) is 4.79 Å². The molecule has 5 nitrogen and oxygen atoms in total. The zero-order valence-corrected chi connectivity index (χ0v) is 13.1. The molecule has 5 heteroatoms. The van der Waals surface area contributed by atoms with Crippen LogP contribution in [0.2, 0.25) is 0 Å². The third kappa shape index (κ3) is 4.57. The molecule has 0 unspecified atom stereocenters. The summed E-state index contributed by atoms with van der Waals surface area (Å²) in [6, 6.07) is 15.3. The minimum atomic E-state index is -0.764. The maximum absolute atomic E-state index is 12.2. The molecule has 23 heavy (non-hydrogen) atoms. The highest BCUT2D eigenvalue weighted by Gasteiger charge is 2.22. The van der Waals surface area contributed by atoms with Crippen LogP contribution in [-0.2, 0) is 16.0 Å². The lowest BCUT2D eigenvalue weighted by Crippen LogP contribution is -2.43. The lowest BCUT2D eigenvalue weighted by Gasteiger charge is -2.17. The Hall–Kier alpha value is -2.82. The molecule has 120 valence electrons. The summed E-state index contributed by atoms with van der Waals surface area (Å²) >= 11 is 0. The Labute approximate surface area is 135 Å². The Bertz CT molecular complexity index is 670. The van der Waals surface area contributed by atoms with E-state index >= 15 is 0 Å². The van der Waals surface area contributed by atoms with Gasteiger partial charge in [-0.2, -0.15) is 0 Å². The molecular weight excluding hydrogens is 294 g/mol. The molecule has 1 N–H and O–H groups in total. The van der Waals surface area contributed by atoms with Crippen LogP contribution in [0.25, 0.3) is 0 Å². The van der Waals surface area contributed by atoms with E-state index in [-0.39, 0.29) is 5.91 Å². The van der Waals surface area contributed by atoms with E-state index in [2.05, 4.69) is 5.32 Å². The van der Waals surface area contributed by atoms with Gasteiger partial charge in [-0.15, -0.1) is 0 Å². The van der Waals surface area contributed by atoms with E-state index in [1.165, 1.54) is 7.11 Å². The van der Waals surface area contributed by atoms with Crippen LogP contribution in [0.4, 0.5) is 0 Å². The van der Waals surface area contributed by atoms with Crippen LogP contribution in [-0.4, -0.2) is 32.1 Å². The quantitative estimate of drug-likeness (QED) is 0.831. The van der Waals surface area contributed by atoms with Gasteiger partial charge in [0.1, 0.15) is 11.8 Å². The summed E-state index contributed by atoms with van der Waals surface area (Å²) in [5, 5.41) is 2.72. The molecule has 0 spiro atoms. The van der Waals surface area contributed by atoms with Gasteiger partial charge in [0.2, 0.25) is 0 Å². The molecule has 2 aromatic rings. The van der Waals surface area contributed by atoms with E-state index in [9.17, 15) is 9.59 Å². The minimum absolute atomic E-state index is 0.316. The normalized spacial score (nSPS) is 11.4. The fourth-order valence-corrected chi connectivity index (χ4v) is 2.20. The number of ether oxygens (including phenoxy) is 2. The summed E-state index contributed by atoms with van der Waals surface area (Å²) in [5.41, 5.74) is 1.36. The van der Waals surface area contributed by atoms with Gasteiger partial charge in [-0.05, 0) is 29.8 Å². The van der Waals surface area contributed by atoms with Crippen molar-refractivity contribution in [3.8, 4) is 5.75 Å². The van der Waals surface area contributed by atoms with Gasteiger partial charge >= 0.3 is 5.97 Å². The van der Waals surface area contributed by atoms with Gasteiger partial charge < -0.3 is 14.8 Å². The molecule has 0 aliphatic rings. The Morgan fingerprint density at radius 1 is 1.04 bits per heavy atom. The number of methoxy groups -OCH3 is 2. The molecule has 0 radical (unpaired) electrons. The van der Waals surface area contributed by atoms with Crippen LogP contribution in [0.5, 0.6) is 5.75 Å². The first-order valence-corrected chi connectivity index (χ1v) is 7.20. The van der Waals surface area contributed by atoms with Crippen molar-refractivity contribution in [1.82, 2.24) is 5.32 Å². The topological polar surface area (TPSA) is 64.6 Å². The van der Waals surface area contributed by atoms with Crippen molar-refractivity contribution < 1.29 is 19.1 Å². The van der Waals surface area contributed by atoms with E-state index in [1.807, 2.05) is 30.3 Å².